The number of carbonyl (C=O) groups is 1. The Morgan fingerprint density at radius 1 is 1.19 bits per heavy atom. The van der Waals surface area contributed by atoms with Crippen molar-refractivity contribution in [1.82, 2.24) is 5.32 Å². The number of nitro groups is 1. The van der Waals surface area contributed by atoms with Gasteiger partial charge in [-0.15, -0.1) is 11.3 Å². The van der Waals surface area contributed by atoms with Crippen LogP contribution in [-0.2, 0) is 4.79 Å². The van der Waals surface area contributed by atoms with Crippen molar-refractivity contribution in [3.8, 4) is 5.75 Å². The monoisotopic (exact) mass is 386 g/mol. The number of nitrogens with zero attached hydrogens (tertiary/aromatic N) is 1. The third-order valence-corrected chi connectivity index (χ3v) is 4.68. The quantitative estimate of drug-likeness (QED) is 0.490. The number of nitro benzene ring substituents is 1. The van der Waals surface area contributed by atoms with E-state index < -0.39 is 28.9 Å². The second kappa shape index (κ2) is 8.41. The zero-order valence-electron chi connectivity index (χ0n) is 14.0. The van der Waals surface area contributed by atoms with E-state index in [2.05, 4.69) is 5.32 Å². The minimum absolute atomic E-state index is 0.289. The van der Waals surface area contributed by atoms with Crippen molar-refractivity contribution in [2.45, 2.75) is 6.04 Å². The van der Waals surface area contributed by atoms with Gasteiger partial charge in [0, 0.05) is 17.0 Å². The van der Waals surface area contributed by atoms with Crippen LogP contribution in [0.5, 0.6) is 5.75 Å². The smallest absolute Gasteiger partial charge is 0.311 e. The molecule has 0 radical (unpaired) electrons. The second-order valence-electron chi connectivity index (χ2n) is 5.58. The molecule has 138 valence electrons. The predicted molar refractivity (Wildman–Crippen MR) is 99.3 cm³/mol. The number of ether oxygens (including phenoxy) is 1. The van der Waals surface area contributed by atoms with E-state index >= 15 is 0 Å². The van der Waals surface area contributed by atoms with Crippen LogP contribution in [0.1, 0.15) is 16.5 Å². The van der Waals surface area contributed by atoms with E-state index in [4.69, 9.17) is 4.74 Å². The van der Waals surface area contributed by atoms with E-state index in [1.54, 1.807) is 0 Å². The van der Waals surface area contributed by atoms with Gasteiger partial charge in [0.15, 0.2) is 6.61 Å². The lowest BCUT2D eigenvalue weighted by Gasteiger charge is -2.18. The molecular weight excluding hydrogens is 371 g/mol. The Morgan fingerprint density at radius 3 is 2.63 bits per heavy atom. The molecule has 0 aliphatic carbocycles. The van der Waals surface area contributed by atoms with E-state index in [0.717, 1.165) is 28.6 Å². The fourth-order valence-electron chi connectivity index (χ4n) is 2.52. The molecule has 0 bridgehead atoms. The van der Waals surface area contributed by atoms with Crippen LogP contribution in [0.25, 0.3) is 0 Å². The van der Waals surface area contributed by atoms with Crippen molar-refractivity contribution in [2.75, 3.05) is 6.61 Å². The van der Waals surface area contributed by atoms with Gasteiger partial charge in [0.1, 0.15) is 5.82 Å². The summed E-state index contributed by atoms with van der Waals surface area (Å²) in [4.78, 5) is 23.6. The normalized spacial score (nSPS) is 11.6. The molecule has 1 atom stereocenters. The van der Waals surface area contributed by atoms with E-state index in [1.807, 2.05) is 47.8 Å². The number of rotatable bonds is 7. The van der Waals surface area contributed by atoms with Crippen molar-refractivity contribution < 1.29 is 18.8 Å². The molecule has 0 aliphatic rings. The minimum Gasteiger partial charge on any atom is -0.477 e. The molecule has 3 aromatic rings. The zero-order valence-corrected chi connectivity index (χ0v) is 14.8. The molecule has 2 aromatic carbocycles. The van der Waals surface area contributed by atoms with E-state index in [0.29, 0.717) is 0 Å². The molecule has 1 heterocycles. The van der Waals surface area contributed by atoms with Crippen molar-refractivity contribution >= 4 is 22.9 Å². The number of benzene rings is 2. The molecule has 3 rings (SSSR count). The van der Waals surface area contributed by atoms with Gasteiger partial charge in [-0.05, 0) is 23.1 Å². The van der Waals surface area contributed by atoms with Crippen molar-refractivity contribution in [3.63, 3.8) is 0 Å². The number of hydrogen-bond donors (Lipinski definition) is 1. The molecule has 0 saturated heterocycles. The van der Waals surface area contributed by atoms with Crippen LogP contribution in [0, 0.1) is 15.9 Å². The Balaban J connectivity index is 1.73. The van der Waals surface area contributed by atoms with Gasteiger partial charge in [-0.25, -0.2) is 4.39 Å². The largest absolute Gasteiger partial charge is 0.477 e. The van der Waals surface area contributed by atoms with Crippen molar-refractivity contribution in [1.29, 1.82) is 0 Å². The first-order valence-corrected chi connectivity index (χ1v) is 8.87. The number of thiophene rings is 1. The van der Waals surface area contributed by atoms with E-state index in [9.17, 15) is 19.3 Å². The summed E-state index contributed by atoms with van der Waals surface area (Å²) in [7, 11) is 0. The van der Waals surface area contributed by atoms with E-state index in [-0.39, 0.29) is 11.8 Å². The standard InChI is InChI=1S/C19H15FN2O4S/c20-14-8-9-15(22(24)25)16(11-14)26-12-18(23)21-19(17-7-4-10-27-17)13-5-2-1-3-6-13/h1-11,19H,12H2,(H,21,23)/t19-/m1/s1. The molecule has 6 nitrogen and oxygen atoms in total. The summed E-state index contributed by atoms with van der Waals surface area (Å²) >= 11 is 1.50. The molecule has 0 aliphatic heterocycles. The average molecular weight is 386 g/mol. The third kappa shape index (κ3) is 4.68. The number of hydrogen-bond acceptors (Lipinski definition) is 5. The van der Waals surface area contributed by atoms with E-state index in [1.165, 1.54) is 11.3 Å². The topological polar surface area (TPSA) is 81.5 Å². The summed E-state index contributed by atoms with van der Waals surface area (Å²) < 4.78 is 18.6. The molecule has 0 fully saturated rings. The first-order chi connectivity index (χ1) is 13.0. The Hall–Kier alpha value is -3.26. The van der Waals surface area contributed by atoms with Crippen LogP contribution >= 0.6 is 11.3 Å². The molecule has 1 aromatic heterocycles. The lowest BCUT2D eigenvalue weighted by atomic mass is 10.1. The summed E-state index contributed by atoms with van der Waals surface area (Å²) in [5.41, 5.74) is 0.493. The van der Waals surface area contributed by atoms with Gasteiger partial charge < -0.3 is 10.1 Å². The van der Waals surface area contributed by atoms with Gasteiger partial charge in [0.2, 0.25) is 5.75 Å². The van der Waals surface area contributed by atoms with Gasteiger partial charge in [0.25, 0.3) is 5.91 Å². The molecule has 1 N–H and O–H groups in total. The molecule has 0 unspecified atom stereocenters. The number of carbonyl (C=O) groups excluding carboxylic acids is 1. The van der Waals surface area contributed by atoms with Gasteiger partial charge in [0.05, 0.1) is 11.0 Å². The highest BCUT2D eigenvalue weighted by Crippen LogP contribution is 2.28. The van der Waals surface area contributed by atoms with Crippen LogP contribution in [0.2, 0.25) is 0 Å². The predicted octanol–water partition coefficient (Wildman–Crippen LogP) is 4.08. The lowest BCUT2D eigenvalue weighted by molar-refractivity contribution is -0.385. The maximum Gasteiger partial charge on any atom is 0.311 e. The lowest BCUT2D eigenvalue weighted by Crippen LogP contribution is -2.33. The summed E-state index contributed by atoms with van der Waals surface area (Å²) in [6.45, 7) is -0.473. The molecule has 0 saturated carbocycles. The Morgan fingerprint density at radius 2 is 1.96 bits per heavy atom. The first-order valence-electron chi connectivity index (χ1n) is 7.99. The van der Waals surface area contributed by atoms with Crippen molar-refractivity contribution in [3.05, 3.63) is 92.4 Å². The van der Waals surface area contributed by atoms with Crippen molar-refractivity contribution in [2.24, 2.45) is 0 Å². The fourth-order valence-corrected chi connectivity index (χ4v) is 3.32. The Kier molecular flexibility index (Phi) is 5.77. The summed E-state index contributed by atoms with van der Waals surface area (Å²) in [6.07, 6.45) is 0. The summed E-state index contributed by atoms with van der Waals surface area (Å²) in [6, 6.07) is 15.7. The number of amides is 1. The van der Waals surface area contributed by atoms with Crippen LogP contribution in [0.4, 0.5) is 10.1 Å². The molecule has 8 heteroatoms. The highest BCUT2D eigenvalue weighted by atomic mass is 32.1. The fraction of sp³-hybridized carbons (Fsp3) is 0.105. The number of halogens is 1. The Labute approximate surface area is 158 Å². The van der Waals surface area contributed by atoms with Gasteiger partial charge in [-0.3, -0.25) is 14.9 Å². The maximum atomic E-state index is 13.4. The van der Waals surface area contributed by atoms with Gasteiger partial charge >= 0.3 is 5.69 Å². The highest BCUT2D eigenvalue weighted by Gasteiger charge is 2.20. The van der Waals surface area contributed by atoms with Crippen LogP contribution in [0.15, 0.2) is 66.0 Å². The van der Waals surface area contributed by atoms with Crippen LogP contribution < -0.4 is 10.1 Å². The van der Waals surface area contributed by atoms with Crippen LogP contribution in [0.3, 0.4) is 0 Å². The highest BCUT2D eigenvalue weighted by molar-refractivity contribution is 7.10. The minimum atomic E-state index is -0.689. The molecule has 27 heavy (non-hydrogen) atoms. The third-order valence-electron chi connectivity index (χ3n) is 3.74. The molecule has 1 amide bonds. The van der Waals surface area contributed by atoms with Gasteiger partial charge in [-0.2, -0.15) is 0 Å². The number of nitrogens with one attached hydrogen (secondary N) is 1. The zero-order chi connectivity index (χ0) is 19.2. The molecular formula is C19H15FN2O4S. The average Bonchev–Trinajstić information content (AvgIpc) is 3.19. The first kappa shape index (κ1) is 18.5. The second-order valence-corrected chi connectivity index (χ2v) is 6.56. The summed E-state index contributed by atoms with van der Waals surface area (Å²) in [5, 5.41) is 15.8. The molecule has 0 spiro atoms. The van der Waals surface area contributed by atoms with Crippen LogP contribution in [-0.4, -0.2) is 17.4 Å². The van der Waals surface area contributed by atoms with Gasteiger partial charge in [-0.1, -0.05) is 36.4 Å². The maximum absolute atomic E-state index is 13.4. The Bertz CT molecular complexity index is 932. The summed E-state index contributed by atoms with van der Waals surface area (Å²) in [5.74, 6) is -1.45. The SMILES string of the molecule is O=C(COc1cc(F)ccc1[N+](=O)[O-])N[C@H](c1ccccc1)c1cccs1.